The molecule has 1 unspecified atom stereocenters. The summed E-state index contributed by atoms with van der Waals surface area (Å²) < 4.78 is 5.10. The van der Waals surface area contributed by atoms with Gasteiger partial charge in [-0.3, -0.25) is 14.4 Å². The van der Waals surface area contributed by atoms with Crippen LogP contribution in [0, 0.1) is 5.92 Å². The standard InChI is InChI=1S/C24H25N5O4S/c1-33-19-11-9-18(10-12-19)26-21(31)22-27-28-23(34-22)24(32)29-13-5-8-17(15-29)20(30)25-14-16-6-3-2-4-7-16/h2-4,6-7,9-12,17H,5,8,13-15H2,1H3,(H,25,30)(H,26,31). The van der Waals surface area contributed by atoms with Crippen molar-refractivity contribution >= 4 is 34.7 Å². The minimum atomic E-state index is -0.446. The maximum Gasteiger partial charge on any atom is 0.286 e. The number of methoxy groups -OCH3 is 1. The predicted molar refractivity (Wildman–Crippen MR) is 128 cm³/mol. The summed E-state index contributed by atoms with van der Waals surface area (Å²) in [4.78, 5) is 39.7. The minimum absolute atomic E-state index is 0.0711. The minimum Gasteiger partial charge on any atom is -0.497 e. The molecule has 1 aliphatic rings. The monoisotopic (exact) mass is 479 g/mol. The van der Waals surface area contributed by atoms with Crippen LogP contribution in [0.15, 0.2) is 54.6 Å². The van der Waals surface area contributed by atoms with E-state index in [1.165, 1.54) is 0 Å². The first-order valence-electron chi connectivity index (χ1n) is 10.9. The smallest absolute Gasteiger partial charge is 0.286 e. The second kappa shape index (κ2) is 10.9. The summed E-state index contributed by atoms with van der Waals surface area (Å²) in [5.41, 5.74) is 1.60. The topological polar surface area (TPSA) is 114 Å². The summed E-state index contributed by atoms with van der Waals surface area (Å²) in [6.45, 7) is 1.30. The van der Waals surface area contributed by atoms with E-state index in [4.69, 9.17) is 4.74 Å². The van der Waals surface area contributed by atoms with E-state index in [0.29, 0.717) is 31.1 Å². The van der Waals surface area contributed by atoms with Gasteiger partial charge >= 0.3 is 0 Å². The van der Waals surface area contributed by atoms with Gasteiger partial charge in [-0.2, -0.15) is 0 Å². The molecule has 0 saturated carbocycles. The third kappa shape index (κ3) is 5.76. The first kappa shape index (κ1) is 23.4. The first-order chi connectivity index (χ1) is 16.5. The van der Waals surface area contributed by atoms with Gasteiger partial charge in [0.05, 0.1) is 13.0 Å². The lowest BCUT2D eigenvalue weighted by molar-refractivity contribution is -0.126. The zero-order valence-electron chi connectivity index (χ0n) is 18.7. The van der Waals surface area contributed by atoms with Crippen LogP contribution in [0.3, 0.4) is 0 Å². The van der Waals surface area contributed by atoms with E-state index in [9.17, 15) is 14.4 Å². The number of benzene rings is 2. The Morgan fingerprint density at radius 2 is 1.79 bits per heavy atom. The van der Waals surface area contributed by atoms with Crippen LogP contribution < -0.4 is 15.4 Å². The maximum atomic E-state index is 13.0. The van der Waals surface area contributed by atoms with E-state index in [1.54, 1.807) is 36.3 Å². The summed E-state index contributed by atoms with van der Waals surface area (Å²) in [6.07, 6.45) is 1.44. The highest BCUT2D eigenvalue weighted by molar-refractivity contribution is 7.15. The molecule has 34 heavy (non-hydrogen) atoms. The van der Waals surface area contributed by atoms with Crippen LogP contribution in [-0.2, 0) is 11.3 Å². The molecule has 2 heterocycles. The Kier molecular flexibility index (Phi) is 7.48. The number of rotatable bonds is 7. The summed E-state index contributed by atoms with van der Waals surface area (Å²) in [5.74, 6) is -0.444. The predicted octanol–water partition coefficient (Wildman–Crippen LogP) is 2.97. The molecule has 4 rings (SSSR count). The second-order valence-electron chi connectivity index (χ2n) is 7.89. The zero-order chi connectivity index (χ0) is 23.9. The van der Waals surface area contributed by atoms with Gasteiger partial charge in [-0.1, -0.05) is 41.7 Å². The van der Waals surface area contributed by atoms with Crippen LogP contribution in [0.1, 0.15) is 38.0 Å². The Morgan fingerprint density at radius 3 is 2.53 bits per heavy atom. The second-order valence-corrected chi connectivity index (χ2v) is 8.87. The molecule has 0 spiro atoms. The van der Waals surface area contributed by atoms with Crippen molar-refractivity contribution in [2.45, 2.75) is 19.4 Å². The molecule has 3 aromatic rings. The number of amides is 3. The number of hydrogen-bond donors (Lipinski definition) is 2. The van der Waals surface area contributed by atoms with Crippen molar-refractivity contribution in [3.05, 3.63) is 70.2 Å². The van der Waals surface area contributed by atoms with Crippen molar-refractivity contribution < 1.29 is 19.1 Å². The van der Waals surface area contributed by atoms with Crippen LogP contribution in [-0.4, -0.2) is 53.0 Å². The normalized spacial score (nSPS) is 15.4. The van der Waals surface area contributed by atoms with Gasteiger partial charge in [-0.05, 0) is 42.7 Å². The van der Waals surface area contributed by atoms with Crippen LogP contribution in [0.2, 0.25) is 0 Å². The van der Waals surface area contributed by atoms with Crippen molar-refractivity contribution in [2.24, 2.45) is 5.92 Å². The number of piperidine rings is 1. The molecule has 0 aliphatic carbocycles. The molecule has 1 aliphatic heterocycles. The van der Waals surface area contributed by atoms with E-state index < -0.39 is 5.91 Å². The molecule has 1 atom stereocenters. The average Bonchev–Trinajstić information content (AvgIpc) is 3.38. The Balaban J connectivity index is 1.33. The molecule has 1 fully saturated rings. The molecule has 2 N–H and O–H groups in total. The average molecular weight is 480 g/mol. The van der Waals surface area contributed by atoms with Gasteiger partial charge in [0.15, 0.2) is 0 Å². The van der Waals surface area contributed by atoms with Gasteiger partial charge in [-0.15, -0.1) is 10.2 Å². The van der Waals surface area contributed by atoms with Crippen LogP contribution in [0.5, 0.6) is 5.75 Å². The number of anilines is 1. The molecular formula is C24H25N5O4S. The van der Waals surface area contributed by atoms with Crippen molar-refractivity contribution in [1.29, 1.82) is 0 Å². The molecule has 9 nitrogen and oxygen atoms in total. The van der Waals surface area contributed by atoms with Crippen LogP contribution in [0.25, 0.3) is 0 Å². The molecule has 1 saturated heterocycles. The zero-order valence-corrected chi connectivity index (χ0v) is 19.5. The third-order valence-corrected chi connectivity index (χ3v) is 6.45. The lowest BCUT2D eigenvalue weighted by Crippen LogP contribution is -2.45. The Hall–Kier alpha value is -3.79. The number of hydrogen-bond acceptors (Lipinski definition) is 7. The number of nitrogens with one attached hydrogen (secondary N) is 2. The van der Waals surface area contributed by atoms with Gasteiger partial charge in [0.2, 0.25) is 15.9 Å². The number of nitrogens with zero attached hydrogens (tertiary/aromatic N) is 3. The number of carbonyl (C=O) groups is 3. The van der Waals surface area contributed by atoms with Gasteiger partial charge in [-0.25, -0.2) is 0 Å². The molecule has 10 heteroatoms. The fraction of sp³-hybridized carbons (Fsp3) is 0.292. The summed E-state index contributed by atoms with van der Waals surface area (Å²) in [6, 6.07) is 16.6. The quantitative estimate of drug-likeness (QED) is 0.539. The lowest BCUT2D eigenvalue weighted by atomic mass is 9.97. The van der Waals surface area contributed by atoms with E-state index in [0.717, 1.165) is 29.7 Å². The van der Waals surface area contributed by atoms with E-state index in [2.05, 4.69) is 20.8 Å². The number of likely N-dealkylation sites (tertiary alicyclic amines) is 1. The fourth-order valence-corrected chi connectivity index (χ4v) is 4.41. The molecule has 3 amide bonds. The highest BCUT2D eigenvalue weighted by Crippen LogP contribution is 2.22. The number of ether oxygens (including phenoxy) is 1. The Bertz CT molecular complexity index is 1150. The molecular weight excluding hydrogens is 454 g/mol. The van der Waals surface area contributed by atoms with Gasteiger partial charge in [0.25, 0.3) is 11.8 Å². The SMILES string of the molecule is COc1ccc(NC(=O)c2nnc(C(=O)N3CCCC(C(=O)NCc4ccccc4)C3)s2)cc1. The van der Waals surface area contributed by atoms with Crippen LogP contribution >= 0.6 is 11.3 Å². The molecule has 0 radical (unpaired) electrons. The third-order valence-electron chi connectivity index (χ3n) is 5.54. The summed E-state index contributed by atoms with van der Waals surface area (Å²) in [7, 11) is 1.56. The largest absolute Gasteiger partial charge is 0.497 e. The highest BCUT2D eigenvalue weighted by Gasteiger charge is 2.30. The molecule has 176 valence electrons. The highest BCUT2D eigenvalue weighted by atomic mass is 32.1. The van der Waals surface area contributed by atoms with Crippen molar-refractivity contribution in [2.75, 3.05) is 25.5 Å². The molecule has 2 aromatic carbocycles. The summed E-state index contributed by atoms with van der Waals surface area (Å²) >= 11 is 0.936. The summed E-state index contributed by atoms with van der Waals surface area (Å²) in [5, 5.41) is 13.7. The van der Waals surface area contributed by atoms with Gasteiger partial charge < -0.3 is 20.3 Å². The van der Waals surface area contributed by atoms with E-state index in [1.807, 2.05) is 30.3 Å². The van der Waals surface area contributed by atoms with Crippen molar-refractivity contribution in [3.8, 4) is 5.75 Å². The first-order valence-corrected chi connectivity index (χ1v) is 11.7. The molecule has 0 bridgehead atoms. The van der Waals surface area contributed by atoms with Gasteiger partial charge in [0, 0.05) is 25.3 Å². The van der Waals surface area contributed by atoms with E-state index in [-0.39, 0.29) is 27.7 Å². The van der Waals surface area contributed by atoms with Gasteiger partial charge in [0.1, 0.15) is 5.75 Å². The Labute approximate surface area is 201 Å². The maximum absolute atomic E-state index is 13.0. The van der Waals surface area contributed by atoms with Crippen LogP contribution in [0.4, 0.5) is 5.69 Å². The van der Waals surface area contributed by atoms with E-state index >= 15 is 0 Å². The van der Waals surface area contributed by atoms with Crippen molar-refractivity contribution in [1.82, 2.24) is 20.4 Å². The lowest BCUT2D eigenvalue weighted by Gasteiger charge is -2.31. The number of aromatic nitrogens is 2. The fourth-order valence-electron chi connectivity index (χ4n) is 3.70. The number of carbonyl (C=O) groups excluding carboxylic acids is 3. The van der Waals surface area contributed by atoms with Crippen molar-refractivity contribution in [3.63, 3.8) is 0 Å². The Morgan fingerprint density at radius 1 is 1.06 bits per heavy atom. The molecule has 1 aromatic heterocycles.